The highest BCUT2D eigenvalue weighted by Crippen LogP contribution is 2.08. The van der Waals surface area contributed by atoms with Crippen LogP contribution in [0.4, 0.5) is 0 Å². The Labute approximate surface area is 107 Å². The zero-order valence-corrected chi connectivity index (χ0v) is 10.4. The van der Waals surface area contributed by atoms with Crippen LogP contribution in [0.15, 0.2) is 43.6 Å². The lowest BCUT2D eigenvalue weighted by molar-refractivity contribution is 0.0968. The van der Waals surface area contributed by atoms with Crippen LogP contribution in [0.5, 0.6) is 0 Å². The highest BCUT2D eigenvalue weighted by atomic mass is 16.1. The molecule has 1 aromatic heterocycles. The van der Waals surface area contributed by atoms with Crippen LogP contribution in [0.2, 0.25) is 0 Å². The van der Waals surface area contributed by atoms with Gasteiger partial charge in [0.15, 0.2) is 11.6 Å². The molecular formula is C15H17NO2. The van der Waals surface area contributed by atoms with Crippen LogP contribution in [0.1, 0.15) is 46.5 Å². The normalized spacial score (nSPS) is 9.78. The largest absolute Gasteiger partial charge is 0.294 e. The fourth-order valence-electron chi connectivity index (χ4n) is 1.46. The maximum atomic E-state index is 11.7. The van der Waals surface area contributed by atoms with E-state index in [2.05, 4.69) is 18.1 Å². The molecule has 0 saturated heterocycles. The molecule has 1 aromatic rings. The first-order valence-electron chi connectivity index (χ1n) is 5.93. The zero-order chi connectivity index (χ0) is 13.4. The third-order valence-corrected chi connectivity index (χ3v) is 2.52. The standard InChI is InChI=1S/C15H17NO2/c1-3-5-7-14(17)12-9-10-13(16-11-12)15(18)8-6-4-2/h3-4,9-11H,1-2,5-8H2. The molecule has 0 aliphatic carbocycles. The Kier molecular flexibility index (Phi) is 5.71. The van der Waals surface area contributed by atoms with Gasteiger partial charge in [0.2, 0.25) is 0 Å². The van der Waals surface area contributed by atoms with Crippen LogP contribution in [0.25, 0.3) is 0 Å². The Balaban J connectivity index is 2.67. The Bertz CT molecular complexity index is 403. The third kappa shape index (κ3) is 4.09. The van der Waals surface area contributed by atoms with Gasteiger partial charge in [0.1, 0.15) is 5.69 Å². The van der Waals surface area contributed by atoms with E-state index in [1.807, 2.05) is 0 Å². The molecule has 1 heterocycles. The van der Waals surface area contributed by atoms with E-state index >= 15 is 0 Å². The summed E-state index contributed by atoms with van der Waals surface area (Å²) in [6.07, 6.45) is 6.99. The predicted octanol–water partition coefficient (Wildman–Crippen LogP) is 3.38. The van der Waals surface area contributed by atoms with Crippen molar-refractivity contribution < 1.29 is 9.59 Å². The van der Waals surface area contributed by atoms with E-state index < -0.39 is 0 Å². The van der Waals surface area contributed by atoms with Crippen LogP contribution >= 0.6 is 0 Å². The van der Waals surface area contributed by atoms with E-state index in [4.69, 9.17) is 0 Å². The SMILES string of the molecule is C=CCCC(=O)c1ccc(C(=O)CCC=C)nc1. The number of ketones is 2. The van der Waals surface area contributed by atoms with Crippen molar-refractivity contribution in [1.82, 2.24) is 4.98 Å². The lowest BCUT2D eigenvalue weighted by atomic mass is 10.1. The van der Waals surface area contributed by atoms with Gasteiger partial charge >= 0.3 is 0 Å². The Morgan fingerprint density at radius 2 is 1.67 bits per heavy atom. The van der Waals surface area contributed by atoms with E-state index in [0.29, 0.717) is 36.9 Å². The third-order valence-electron chi connectivity index (χ3n) is 2.52. The number of carbonyl (C=O) groups excluding carboxylic acids is 2. The van der Waals surface area contributed by atoms with Crippen molar-refractivity contribution in [3.63, 3.8) is 0 Å². The molecule has 3 nitrogen and oxygen atoms in total. The molecule has 0 radical (unpaired) electrons. The summed E-state index contributed by atoms with van der Waals surface area (Å²) in [5.74, 6) is -0.00696. The summed E-state index contributed by atoms with van der Waals surface area (Å²) in [6.45, 7) is 7.14. The number of hydrogen-bond donors (Lipinski definition) is 0. The van der Waals surface area contributed by atoms with Crippen molar-refractivity contribution in [2.45, 2.75) is 25.7 Å². The molecule has 0 fully saturated rings. The smallest absolute Gasteiger partial charge is 0.181 e. The quantitative estimate of drug-likeness (QED) is 0.519. The highest BCUT2D eigenvalue weighted by molar-refractivity contribution is 5.98. The van der Waals surface area contributed by atoms with Crippen LogP contribution in [-0.4, -0.2) is 16.6 Å². The fraction of sp³-hybridized carbons (Fsp3) is 0.267. The van der Waals surface area contributed by atoms with Gasteiger partial charge in [-0.05, 0) is 25.0 Å². The highest BCUT2D eigenvalue weighted by Gasteiger charge is 2.09. The molecule has 1 rings (SSSR count). The minimum Gasteiger partial charge on any atom is -0.294 e. The number of nitrogens with zero attached hydrogens (tertiary/aromatic N) is 1. The number of aromatic nitrogens is 1. The average molecular weight is 243 g/mol. The Hall–Kier alpha value is -2.03. The van der Waals surface area contributed by atoms with E-state index in [1.54, 1.807) is 24.3 Å². The molecule has 0 aromatic carbocycles. The molecule has 0 unspecified atom stereocenters. The minimum absolute atomic E-state index is 0.0208. The maximum Gasteiger partial charge on any atom is 0.181 e. The van der Waals surface area contributed by atoms with Crippen LogP contribution in [-0.2, 0) is 0 Å². The topological polar surface area (TPSA) is 47.0 Å². The van der Waals surface area contributed by atoms with Gasteiger partial charge in [0.25, 0.3) is 0 Å². The molecule has 0 bridgehead atoms. The zero-order valence-electron chi connectivity index (χ0n) is 10.4. The van der Waals surface area contributed by atoms with E-state index in [9.17, 15) is 9.59 Å². The summed E-state index contributed by atoms with van der Waals surface area (Å²) in [7, 11) is 0. The maximum absolute atomic E-state index is 11.7. The number of carbonyl (C=O) groups is 2. The summed E-state index contributed by atoms with van der Waals surface area (Å²) >= 11 is 0. The molecule has 3 heteroatoms. The van der Waals surface area contributed by atoms with Gasteiger partial charge in [-0.25, -0.2) is 0 Å². The van der Waals surface area contributed by atoms with E-state index in [0.717, 1.165) is 0 Å². The first kappa shape index (κ1) is 14.0. The number of hydrogen-bond acceptors (Lipinski definition) is 3. The summed E-state index contributed by atoms with van der Waals surface area (Å²) in [4.78, 5) is 27.3. The molecule has 0 spiro atoms. The van der Waals surface area contributed by atoms with Gasteiger partial charge in [-0.2, -0.15) is 0 Å². The summed E-state index contributed by atoms with van der Waals surface area (Å²) in [5.41, 5.74) is 0.939. The molecule has 0 aliphatic rings. The monoisotopic (exact) mass is 243 g/mol. The summed E-state index contributed by atoms with van der Waals surface area (Å²) < 4.78 is 0. The summed E-state index contributed by atoms with van der Waals surface area (Å²) in [6, 6.07) is 3.26. The molecule has 0 amide bonds. The summed E-state index contributed by atoms with van der Waals surface area (Å²) in [5, 5.41) is 0. The second-order valence-electron chi connectivity index (χ2n) is 3.93. The number of pyridine rings is 1. The number of Topliss-reactive ketones (excluding diaryl/α,β-unsaturated/α-hetero) is 2. The van der Waals surface area contributed by atoms with Crippen molar-refractivity contribution in [1.29, 1.82) is 0 Å². The van der Waals surface area contributed by atoms with Gasteiger partial charge in [-0.15, -0.1) is 13.2 Å². The van der Waals surface area contributed by atoms with Crippen molar-refractivity contribution >= 4 is 11.6 Å². The average Bonchev–Trinajstić information content (AvgIpc) is 2.42. The molecule has 94 valence electrons. The van der Waals surface area contributed by atoms with Gasteiger partial charge < -0.3 is 0 Å². The van der Waals surface area contributed by atoms with Crippen LogP contribution in [0, 0.1) is 0 Å². The Morgan fingerprint density at radius 1 is 1.06 bits per heavy atom. The molecule has 0 N–H and O–H groups in total. The van der Waals surface area contributed by atoms with Gasteiger partial charge in [-0.3, -0.25) is 14.6 Å². The fourth-order valence-corrected chi connectivity index (χ4v) is 1.46. The van der Waals surface area contributed by atoms with Crippen molar-refractivity contribution in [2.75, 3.05) is 0 Å². The molecular weight excluding hydrogens is 226 g/mol. The van der Waals surface area contributed by atoms with Gasteiger partial charge in [0, 0.05) is 24.6 Å². The number of rotatable bonds is 8. The molecule has 0 saturated carbocycles. The van der Waals surface area contributed by atoms with Crippen LogP contribution in [0.3, 0.4) is 0 Å². The van der Waals surface area contributed by atoms with Crippen molar-refractivity contribution in [3.8, 4) is 0 Å². The Morgan fingerprint density at radius 3 is 2.17 bits per heavy atom. The first-order valence-corrected chi connectivity index (χ1v) is 5.93. The number of allylic oxidation sites excluding steroid dienone is 2. The van der Waals surface area contributed by atoms with E-state index in [1.165, 1.54) is 6.20 Å². The van der Waals surface area contributed by atoms with Gasteiger partial charge in [0.05, 0.1) is 0 Å². The molecule has 0 aliphatic heterocycles. The van der Waals surface area contributed by atoms with E-state index in [-0.39, 0.29) is 11.6 Å². The molecule has 0 atom stereocenters. The second kappa shape index (κ2) is 7.33. The molecule has 18 heavy (non-hydrogen) atoms. The lowest BCUT2D eigenvalue weighted by Gasteiger charge is -2.01. The van der Waals surface area contributed by atoms with Gasteiger partial charge in [-0.1, -0.05) is 12.2 Å². The predicted molar refractivity (Wildman–Crippen MR) is 71.8 cm³/mol. The first-order chi connectivity index (χ1) is 8.69. The lowest BCUT2D eigenvalue weighted by Crippen LogP contribution is -2.04. The van der Waals surface area contributed by atoms with Crippen molar-refractivity contribution in [2.24, 2.45) is 0 Å². The second-order valence-corrected chi connectivity index (χ2v) is 3.93. The van der Waals surface area contributed by atoms with Crippen LogP contribution < -0.4 is 0 Å². The minimum atomic E-state index is -0.0278. The van der Waals surface area contributed by atoms with Crippen molar-refractivity contribution in [3.05, 3.63) is 54.9 Å².